The molecule has 2 nitrogen and oxygen atoms in total. The highest BCUT2D eigenvalue weighted by Gasteiger charge is 2.13. The molecule has 2 aromatic rings. The van der Waals surface area contributed by atoms with Crippen molar-refractivity contribution in [2.45, 2.75) is 45.4 Å². The van der Waals surface area contributed by atoms with Crippen molar-refractivity contribution in [1.82, 2.24) is 4.90 Å². The van der Waals surface area contributed by atoms with E-state index < -0.39 is 5.60 Å². The Bertz CT molecular complexity index is 489. The van der Waals surface area contributed by atoms with Gasteiger partial charge in [-0.3, -0.25) is 4.90 Å². The van der Waals surface area contributed by atoms with Crippen molar-refractivity contribution in [3.8, 4) is 0 Å². The standard InChI is InChI=1S/C20H27NO/c1-20(2,22)14-9-15-21(16-18-10-5-3-6-11-18)17-19-12-7-4-8-13-19/h3-8,10-13,22H,9,14-17H2,1-2H3. The van der Waals surface area contributed by atoms with Gasteiger partial charge in [-0.25, -0.2) is 0 Å². The van der Waals surface area contributed by atoms with Gasteiger partial charge in [0.25, 0.3) is 0 Å². The molecule has 0 saturated heterocycles. The van der Waals surface area contributed by atoms with E-state index in [0.717, 1.165) is 32.5 Å². The molecule has 0 fully saturated rings. The number of aliphatic hydroxyl groups is 1. The van der Waals surface area contributed by atoms with Gasteiger partial charge in [0.1, 0.15) is 0 Å². The van der Waals surface area contributed by atoms with E-state index in [1.54, 1.807) is 0 Å². The Balaban J connectivity index is 1.97. The maximum absolute atomic E-state index is 9.89. The Morgan fingerprint density at radius 2 is 1.27 bits per heavy atom. The molecular weight excluding hydrogens is 270 g/mol. The third-order valence-corrected chi connectivity index (χ3v) is 3.76. The molecule has 0 saturated carbocycles. The van der Waals surface area contributed by atoms with Gasteiger partial charge in [-0.05, 0) is 44.4 Å². The number of nitrogens with zero attached hydrogens (tertiary/aromatic N) is 1. The Morgan fingerprint density at radius 1 is 0.818 bits per heavy atom. The Kier molecular flexibility index (Phi) is 6.17. The molecule has 0 aliphatic rings. The largest absolute Gasteiger partial charge is 0.390 e. The van der Waals surface area contributed by atoms with Gasteiger partial charge in [-0.2, -0.15) is 0 Å². The SMILES string of the molecule is CC(C)(O)CCCN(Cc1ccccc1)Cc1ccccc1. The predicted octanol–water partition coefficient (Wildman–Crippen LogP) is 4.24. The van der Waals surface area contributed by atoms with Crippen LogP contribution in [0.25, 0.3) is 0 Å². The fraction of sp³-hybridized carbons (Fsp3) is 0.400. The average molecular weight is 297 g/mol. The lowest BCUT2D eigenvalue weighted by Gasteiger charge is -2.24. The fourth-order valence-corrected chi connectivity index (χ4v) is 2.63. The fourth-order valence-electron chi connectivity index (χ4n) is 2.63. The van der Waals surface area contributed by atoms with Gasteiger partial charge >= 0.3 is 0 Å². The second kappa shape index (κ2) is 8.11. The van der Waals surface area contributed by atoms with E-state index in [4.69, 9.17) is 0 Å². The summed E-state index contributed by atoms with van der Waals surface area (Å²) in [6.07, 6.45) is 1.83. The summed E-state index contributed by atoms with van der Waals surface area (Å²) < 4.78 is 0. The van der Waals surface area contributed by atoms with Crippen molar-refractivity contribution in [1.29, 1.82) is 0 Å². The molecule has 22 heavy (non-hydrogen) atoms. The third kappa shape index (κ3) is 6.42. The number of rotatable bonds is 8. The molecule has 0 spiro atoms. The summed E-state index contributed by atoms with van der Waals surface area (Å²) in [6, 6.07) is 21.2. The van der Waals surface area contributed by atoms with Crippen LogP contribution in [0.4, 0.5) is 0 Å². The van der Waals surface area contributed by atoms with Crippen LogP contribution in [0.3, 0.4) is 0 Å². The molecule has 0 amide bonds. The summed E-state index contributed by atoms with van der Waals surface area (Å²) in [7, 11) is 0. The van der Waals surface area contributed by atoms with Gasteiger partial charge in [0.15, 0.2) is 0 Å². The minimum Gasteiger partial charge on any atom is -0.390 e. The Labute approximate surface area is 134 Å². The molecule has 0 bridgehead atoms. The van der Waals surface area contributed by atoms with Gasteiger partial charge < -0.3 is 5.11 Å². The molecule has 118 valence electrons. The van der Waals surface area contributed by atoms with Crippen LogP contribution in [-0.2, 0) is 13.1 Å². The van der Waals surface area contributed by atoms with Crippen molar-refractivity contribution >= 4 is 0 Å². The van der Waals surface area contributed by atoms with E-state index >= 15 is 0 Å². The summed E-state index contributed by atoms with van der Waals surface area (Å²) >= 11 is 0. The molecule has 0 aliphatic carbocycles. The van der Waals surface area contributed by atoms with Crippen molar-refractivity contribution in [2.24, 2.45) is 0 Å². The second-order valence-electron chi connectivity index (χ2n) is 6.60. The van der Waals surface area contributed by atoms with Crippen LogP contribution in [0.15, 0.2) is 60.7 Å². The van der Waals surface area contributed by atoms with Crippen LogP contribution >= 0.6 is 0 Å². The van der Waals surface area contributed by atoms with E-state index in [-0.39, 0.29) is 0 Å². The lowest BCUT2D eigenvalue weighted by Crippen LogP contribution is -2.26. The summed E-state index contributed by atoms with van der Waals surface area (Å²) in [6.45, 7) is 6.65. The van der Waals surface area contributed by atoms with Crippen molar-refractivity contribution in [2.75, 3.05) is 6.54 Å². The highest BCUT2D eigenvalue weighted by Crippen LogP contribution is 2.14. The lowest BCUT2D eigenvalue weighted by atomic mass is 10.0. The number of hydrogen-bond donors (Lipinski definition) is 1. The van der Waals surface area contributed by atoms with E-state index in [0.29, 0.717) is 0 Å². The van der Waals surface area contributed by atoms with Crippen molar-refractivity contribution in [3.63, 3.8) is 0 Å². The smallest absolute Gasteiger partial charge is 0.0592 e. The molecule has 0 aromatic heterocycles. The van der Waals surface area contributed by atoms with Crippen LogP contribution < -0.4 is 0 Å². The quantitative estimate of drug-likeness (QED) is 0.788. The predicted molar refractivity (Wildman–Crippen MR) is 92.5 cm³/mol. The van der Waals surface area contributed by atoms with Crippen LogP contribution in [0, 0.1) is 0 Å². The van der Waals surface area contributed by atoms with Crippen LogP contribution in [0.1, 0.15) is 37.8 Å². The summed E-state index contributed by atoms with van der Waals surface area (Å²) in [4.78, 5) is 2.45. The molecule has 2 aromatic carbocycles. The minimum atomic E-state index is -0.578. The molecule has 0 unspecified atom stereocenters. The summed E-state index contributed by atoms with van der Waals surface area (Å²) in [5.74, 6) is 0. The first-order chi connectivity index (χ1) is 10.5. The first-order valence-electron chi connectivity index (χ1n) is 8.05. The number of hydrogen-bond acceptors (Lipinski definition) is 2. The van der Waals surface area contributed by atoms with Crippen LogP contribution in [0.5, 0.6) is 0 Å². The second-order valence-corrected chi connectivity index (χ2v) is 6.60. The topological polar surface area (TPSA) is 23.5 Å². The molecular formula is C20H27NO. The first-order valence-corrected chi connectivity index (χ1v) is 8.05. The third-order valence-electron chi connectivity index (χ3n) is 3.76. The van der Waals surface area contributed by atoms with E-state index in [1.165, 1.54) is 11.1 Å². The molecule has 0 radical (unpaired) electrons. The van der Waals surface area contributed by atoms with E-state index in [1.807, 2.05) is 13.8 Å². The zero-order valence-electron chi connectivity index (χ0n) is 13.7. The Hall–Kier alpha value is -1.64. The monoisotopic (exact) mass is 297 g/mol. The normalized spacial score (nSPS) is 11.8. The van der Waals surface area contributed by atoms with Gasteiger partial charge in [-0.1, -0.05) is 60.7 Å². The number of benzene rings is 2. The first kappa shape index (κ1) is 16.7. The zero-order chi connectivity index (χ0) is 15.8. The summed E-state index contributed by atoms with van der Waals surface area (Å²) in [5.41, 5.74) is 2.09. The maximum Gasteiger partial charge on any atom is 0.0592 e. The molecule has 0 aliphatic heterocycles. The molecule has 2 rings (SSSR count). The van der Waals surface area contributed by atoms with Gasteiger partial charge in [-0.15, -0.1) is 0 Å². The van der Waals surface area contributed by atoms with Crippen molar-refractivity contribution < 1.29 is 5.11 Å². The molecule has 0 heterocycles. The zero-order valence-corrected chi connectivity index (χ0v) is 13.7. The highest BCUT2D eigenvalue weighted by atomic mass is 16.3. The minimum absolute atomic E-state index is 0.578. The maximum atomic E-state index is 9.89. The van der Waals surface area contributed by atoms with Crippen LogP contribution in [0.2, 0.25) is 0 Å². The Morgan fingerprint density at radius 3 is 1.68 bits per heavy atom. The van der Waals surface area contributed by atoms with Gasteiger partial charge in [0, 0.05) is 13.1 Å². The van der Waals surface area contributed by atoms with Gasteiger partial charge in [0.2, 0.25) is 0 Å². The summed E-state index contributed by atoms with van der Waals surface area (Å²) in [5, 5.41) is 9.89. The lowest BCUT2D eigenvalue weighted by molar-refractivity contribution is 0.0642. The average Bonchev–Trinajstić information content (AvgIpc) is 2.48. The molecule has 0 atom stereocenters. The van der Waals surface area contributed by atoms with Crippen molar-refractivity contribution in [3.05, 3.63) is 71.8 Å². The highest BCUT2D eigenvalue weighted by molar-refractivity contribution is 5.17. The molecule has 1 N–H and O–H groups in total. The van der Waals surface area contributed by atoms with E-state index in [2.05, 4.69) is 65.6 Å². The molecule has 2 heteroatoms. The van der Waals surface area contributed by atoms with E-state index in [9.17, 15) is 5.11 Å². The van der Waals surface area contributed by atoms with Gasteiger partial charge in [0.05, 0.1) is 5.60 Å². The van der Waals surface area contributed by atoms with Crippen LogP contribution in [-0.4, -0.2) is 22.2 Å².